The van der Waals surface area contributed by atoms with E-state index in [-0.39, 0.29) is 22.2 Å². The van der Waals surface area contributed by atoms with E-state index in [1.165, 1.54) is 12.3 Å². The number of amides is 2. The minimum absolute atomic E-state index is 0.0480. The Morgan fingerprint density at radius 1 is 1.15 bits per heavy atom. The number of benzene rings is 1. The van der Waals surface area contributed by atoms with Gasteiger partial charge >= 0.3 is 12.1 Å². The van der Waals surface area contributed by atoms with E-state index in [0.29, 0.717) is 41.9 Å². The lowest BCUT2D eigenvalue weighted by Gasteiger charge is -2.13. The van der Waals surface area contributed by atoms with Gasteiger partial charge in [-0.05, 0) is 50.1 Å². The van der Waals surface area contributed by atoms with Gasteiger partial charge in [0.1, 0.15) is 5.76 Å². The molecule has 1 aliphatic rings. The SMILES string of the molecule is Cc1c(C(=O)Nc2cc(C(F)(F)F)ccc2Cl)oc2c1/C(=N/NC(=O)c1ccco1)CCC2. The zero-order chi connectivity index (χ0) is 23.8. The number of aryl methyl sites for hydroxylation is 1. The van der Waals surface area contributed by atoms with Crippen molar-refractivity contribution in [1.29, 1.82) is 0 Å². The predicted molar refractivity (Wildman–Crippen MR) is 114 cm³/mol. The van der Waals surface area contributed by atoms with Crippen molar-refractivity contribution < 1.29 is 31.6 Å². The molecule has 0 unspecified atom stereocenters. The van der Waals surface area contributed by atoms with Gasteiger partial charge in [-0.3, -0.25) is 9.59 Å². The summed E-state index contributed by atoms with van der Waals surface area (Å²) in [5.74, 6) is -0.747. The molecule has 0 atom stereocenters. The molecule has 2 heterocycles. The first-order chi connectivity index (χ1) is 15.6. The topological polar surface area (TPSA) is 96.8 Å². The van der Waals surface area contributed by atoms with Gasteiger partial charge in [-0.15, -0.1) is 0 Å². The van der Waals surface area contributed by atoms with Crippen molar-refractivity contribution in [2.75, 3.05) is 5.32 Å². The number of carbonyl (C=O) groups is 2. The molecule has 0 fully saturated rings. The molecule has 3 aromatic rings. The highest BCUT2D eigenvalue weighted by Gasteiger charge is 2.32. The summed E-state index contributed by atoms with van der Waals surface area (Å²) in [6.45, 7) is 1.64. The number of hydrogen-bond donors (Lipinski definition) is 2. The lowest BCUT2D eigenvalue weighted by molar-refractivity contribution is -0.137. The molecule has 33 heavy (non-hydrogen) atoms. The number of nitrogens with one attached hydrogen (secondary N) is 2. The number of carbonyl (C=O) groups excluding carboxylic acids is 2. The van der Waals surface area contributed by atoms with Crippen molar-refractivity contribution in [2.45, 2.75) is 32.4 Å². The summed E-state index contributed by atoms with van der Waals surface area (Å²) in [7, 11) is 0. The van der Waals surface area contributed by atoms with E-state index in [0.717, 1.165) is 18.2 Å². The summed E-state index contributed by atoms with van der Waals surface area (Å²) in [6, 6.07) is 5.71. The minimum atomic E-state index is -4.59. The van der Waals surface area contributed by atoms with Gasteiger partial charge < -0.3 is 14.2 Å². The molecule has 7 nitrogen and oxygen atoms in total. The van der Waals surface area contributed by atoms with Gasteiger partial charge in [0.25, 0.3) is 5.91 Å². The third-order valence-corrected chi connectivity index (χ3v) is 5.44. The Hall–Kier alpha value is -3.53. The van der Waals surface area contributed by atoms with Gasteiger partial charge in [-0.1, -0.05) is 11.6 Å². The molecule has 11 heteroatoms. The monoisotopic (exact) mass is 479 g/mol. The molecule has 0 saturated heterocycles. The van der Waals surface area contributed by atoms with Gasteiger partial charge in [0.2, 0.25) is 0 Å². The van der Waals surface area contributed by atoms with Crippen LogP contribution in [-0.2, 0) is 12.6 Å². The Balaban J connectivity index is 1.59. The lowest BCUT2D eigenvalue weighted by Crippen LogP contribution is -2.21. The highest BCUT2D eigenvalue weighted by molar-refractivity contribution is 6.34. The molecule has 0 bridgehead atoms. The maximum Gasteiger partial charge on any atom is 0.416 e. The van der Waals surface area contributed by atoms with E-state index in [1.807, 2.05) is 0 Å². The van der Waals surface area contributed by atoms with Gasteiger partial charge in [-0.2, -0.15) is 18.3 Å². The van der Waals surface area contributed by atoms with Crippen molar-refractivity contribution in [1.82, 2.24) is 5.43 Å². The molecule has 172 valence electrons. The quantitative estimate of drug-likeness (QED) is 0.478. The third kappa shape index (κ3) is 4.65. The fourth-order valence-corrected chi connectivity index (χ4v) is 3.72. The summed E-state index contributed by atoms with van der Waals surface area (Å²) < 4.78 is 49.8. The maximum absolute atomic E-state index is 13.0. The lowest BCUT2D eigenvalue weighted by atomic mass is 9.93. The van der Waals surface area contributed by atoms with E-state index in [4.69, 9.17) is 20.4 Å². The van der Waals surface area contributed by atoms with Crippen LogP contribution < -0.4 is 10.7 Å². The van der Waals surface area contributed by atoms with Crippen molar-refractivity contribution in [3.8, 4) is 0 Å². The summed E-state index contributed by atoms with van der Waals surface area (Å²) in [5, 5.41) is 6.51. The standard InChI is InChI=1S/C22H17ClF3N3O4/c1-11-18-14(28-29-20(30)17-6-3-9-32-17)4-2-5-16(18)33-19(11)21(31)27-15-10-12(22(24,25)26)7-8-13(15)23/h3,6-10H,2,4-5H2,1H3,(H,27,31)(H,29,30)/b28-14+. The van der Waals surface area contributed by atoms with Crippen LogP contribution in [0.5, 0.6) is 0 Å². The number of hydrazone groups is 1. The zero-order valence-corrected chi connectivity index (χ0v) is 17.9. The number of hydrogen-bond acceptors (Lipinski definition) is 5. The molecule has 1 aliphatic carbocycles. The summed E-state index contributed by atoms with van der Waals surface area (Å²) in [4.78, 5) is 24.9. The second-order valence-corrected chi connectivity index (χ2v) is 7.74. The van der Waals surface area contributed by atoms with Gasteiger partial charge in [0.05, 0.1) is 28.2 Å². The Labute approximate surface area is 190 Å². The number of fused-ring (bicyclic) bond motifs is 1. The van der Waals surface area contributed by atoms with E-state index < -0.39 is 23.6 Å². The summed E-state index contributed by atoms with van der Waals surface area (Å²) >= 11 is 5.98. The van der Waals surface area contributed by atoms with Crippen LogP contribution in [0.3, 0.4) is 0 Å². The van der Waals surface area contributed by atoms with E-state index in [2.05, 4.69) is 15.8 Å². The van der Waals surface area contributed by atoms with Crippen molar-refractivity contribution in [2.24, 2.45) is 5.10 Å². The van der Waals surface area contributed by atoms with E-state index >= 15 is 0 Å². The summed E-state index contributed by atoms with van der Waals surface area (Å²) in [5.41, 5.74) is 2.84. The molecule has 1 aromatic carbocycles. The van der Waals surface area contributed by atoms with Crippen LogP contribution in [-0.4, -0.2) is 17.5 Å². The van der Waals surface area contributed by atoms with Crippen LogP contribution in [0.1, 0.15) is 56.4 Å². The van der Waals surface area contributed by atoms with Crippen LogP contribution in [0.4, 0.5) is 18.9 Å². The first kappa shape index (κ1) is 22.7. The molecule has 2 N–H and O–H groups in total. The Morgan fingerprint density at radius 3 is 2.64 bits per heavy atom. The first-order valence-electron chi connectivity index (χ1n) is 9.86. The van der Waals surface area contributed by atoms with Crippen LogP contribution in [0, 0.1) is 6.92 Å². The molecule has 0 saturated carbocycles. The number of furan rings is 2. The first-order valence-corrected chi connectivity index (χ1v) is 10.2. The van der Waals surface area contributed by atoms with Crippen molar-refractivity contribution >= 4 is 34.8 Å². The number of halogens is 4. The second kappa shape index (κ2) is 8.78. The van der Waals surface area contributed by atoms with Gasteiger partial charge in [0.15, 0.2) is 11.5 Å². The van der Waals surface area contributed by atoms with Crippen LogP contribution >= 0.6 is 11.6 Å². The normalized spacial score (nSPS) is 14.8. The number of rotatable bonds is 4. The Bertz CT molecular complexity index is 1250. The predicted octanol–water partition coefficient (Wildman–Crippen LogP) is 5.58. The van der Waals surface area contributed by atoms with Gasteiger partial charge in [0, 0.05) is 17.5 Å². The highest BCUT2D eigenvalue weighted by atomic mass is 35.5. The maximum atomic E-state index is 13.0. The molecular formula is C22H17ClF3N3O4. The van der Waals surface area contributed by atoms with Gasteiger partial charge in [-0.25, -0.2) is 5.43 Å². The third-order valence-electron chi connectivity index (χ3n) is 5.11. The fourth-order valence-electron chi connectivity index (χ4n) is 3.55. The highest BCUT2D eigenvalue weighted by Crippen LogP contribution is 2.35. The average molecular weight is 480 g/mol. The van der Waals surface area contributed by atoms with Crippen molar-refractivity contribution in [3.05, 3.63) is 75.6 Å². The smallest absolute Gasteiger partial charge is 0.416 e. The van der Waals surface area contributed by atoms with E-state index in [9.17, 15) is 22.8 Å². The number of nitrogens with zero attached hydrogens (tertiary/aromatic N) is 1. The van der Waals surface area contributed by atoms with Crippen LogP contribution in [0.15, 0.2) is 50.5 Å². The summed E-state index contributed by atoms with van der Waals surface area (Å²) in [6.07, 6.45) is -1.47. The molecule has 2 aromatic heterocycles. The van der Waals surface area contributed by atoms with E-state index in [1.54, 1.807) is 13.0 Å². The fraction of sp³-hybridized carbons (Fsp3) is 0.227. The largest absolute Gasteiger partial charge is 0.459 e. The number of anilines is 1. The minimum Gasteiger partial charge on any atom is -0.459 e. The molecule has 0 radical (unpaired) electrons. The number of alkyl halides is 3. The molecule has 4 rings (SSSR count). The second-order valence-electron chi connectivity index (χ2n) is 7.33. The van der Waals surface area contributed by atoms with Crippen molar-refractivity contribution in [3.63, 3.8) is 0 Å². The van der Waals surface area contributed by atoms with Crippen LogP contribution in [0.2, 0.25) is 5.02 Å². The Morgan fingerprint density at radius 2 is 1.94 bits per heavy atom. The molecule has 2 amide bonds. The molecule has 0 aliphatic heterocycles. The average Bonchev–Trinajstić information content (AvgIpc) is 3.41. The molecular weight excluding hydrogens is 463 g/mol. The van der Waals surface area contributed by atoms with Crippen LogP contribution in [0.25, 0.3) is 0 Å². The molecule has 0 spiro atoms. The zero-order valence-electron chi connectivity index (χ0n) is 17.2. The Kier molecular flexibility index (Phi) is 6.03.